The van der Waals surface area contributed by atoms with Crippen molar-refractivity contribution >= 4 is 5.69 Å². The maximum absolute atomic E-state index is 13.3. The largest absolute Gasteiger partial charge is 0.385 e. The first-order chi connectivity index (χ1) is 8.63. The van der Waals surface area contributed by atoms with Crippen LogP contribution in [0.1, 0.15) is 25.8 Å². The van der Waals surface area contributed by atoms with Crippen LogP contribution in [-0.4, -0.2) is 19.8 Å². The first kappa shape index (κ1) is 14.5. The first-order valence-corrected chi connectivity index (χ1v) is 6.14. The number of hydrogen-bond acceptors (Lipinski definition) is 3. The van der Waals surface area contributed by atoms with E-state index in [1.165, 1.54) is 12.1 Å². The van der Waals surface area contributed by atoms with Crippen molar-refractivity contribution in [2.45, 2.75) is 20.3 Å². The molecule has 0 aromatic heterocycles. The summed E-state index contributed by atoms with van der Waals surface area (Å²) >= 11 is 0. The van der Waals surface area contributed by atoms with E-state index in [1.54, 1.807) is 12.1 Å². The molecular formula is C14H19FN2O. The Morgan fingerprint density at radius 3 is 2.83 bits per heavy atom. The zero-order valence-corrected chi connectivity index (χ0v) is 10.9. The predicted molar refractivity (Wildman–Crippen MR) is 69.9 cm³/mol. The Hall–Kier alpha value is -1.60. The van der Waals surface area contributed by atoms with Crippen molar-refractivity contribution in [2.24, 2.45) is 5.92 Å². The van der Waals surface area contributed by atoms with Gasteiger partial charge in [0.25, 0.3) is 0 Å². The summed E-state index contributed by atoms with van der Waals surface area (Å²) in [4.78, 5) is 0. The van der Waals surface area contributed by atoms with Gasteiger partial charge < -0.3 is 10.1 Å². The number of ether oxygens (including phenoxy) is 1. The Morgan fingerprint density at radius 1 is 1.44 bits per heavy atom. The molecule has 0 saturated carbocycles. The highest BCUT2D eigenvalue weighted by molar-refractivity contribution is 5.47. The highest BCUT2D eigenvalue weighted by Gasteiger charge is 2.01. The molecule has 0 aliphatic carbocycles. The molecule has 0 heterocycles. The average molecular weight is 250 g/mol. The molecule has 1 aromatic rings. The fourth-order valence-electron chi connectivity index (χ4n) is 1.44. The summed E-state index contributed by atoms with van der Waals surface area (Å²) < 4.78 is 18.7. The lowest BCUT2D eigenvalue weighted by Gasteiger charge is -2.08. The van der Waals surface area contributed by atoms with E-state index >= 15 is 0 Å². The van der Waals surface area contributed by atoms with Gasteiger partial charge in [0, 0.05) is 25.4 Å². The third-order valence-electron chi connectivity index (χ3n) is 2.34. The number of rotatable bonds is 7. The van der Waals surface area contributed by atoms with E-state index in [2.05, 4.69) is 19.2 Å². The maximum atomic E-state index is 13.3. The van der Waals surface area contributed by atoms with Crippen LogP contribution in [0.2, 0.25) is 0 Å². The molecule has 1 N–H and O–H groups in total. The summed E-state index contributed by atoms with van der Waals surface area (Å²) in [5, 5.41) is 11.7. The summed E-state index contributed by atoms with van der Waals surface area (Å²) in [5.74, 6) is 0.0594. The quantitative estimate of drug-likeness (QED) is 0.756. The number of halogens is 1. The van der Waals surface area contributed by atoms with Crippen LogP contribution in [0.3, 0.4) is 0 Å². The van der Waals surface area contributed by atoms with Gasteiger partial charge in [-0.15, -0.1) is 0 Å². The lowest BCUT2D eigenvalue weighted by Crippen LogP contribution is -2.08. The van der Waals surface area contributed by atoms with E-state index in [0.29, 0.717) is 18.2 Å². The number of nitrogens with zero attached hydrogens (tertiary/aromatic N) is 1. The highest BCUT2D eigenvalue weighted by atomic mass is 19.1. The number of hydrogen-bond donors (Lipinski definition) is 1. The minimum absolute atomic E-state index is 0.0702. The van der Waals surface area contributed by atoms with Crippen LogP contribution in [0.4, 0.5) is 10.1 Å². The molecule has 0 fully saturated rings. The number of nitrogens with one attached hydrogen (secondary N) is 1. The summed E-state index contributed by atoms with van der Waals surface area (Å²) in [6.45, 7) is 6.41. The van der Waals surface area contributed by atoms with Gasteiger partial charge in [-0.1, -0.05) is 13.8 Å². The molecule has 1 rings (SSSR count). The second-order valence-electron chi connectivity index (χ2n) is 4.56. The van der Waals surface area contributed by atoms with Gasteiger partial charge in [-0.05, 0) is 30.5 Å². The van der Waals surface area contributed by atoms with Crippen LogP contribution in [0, 0.1) is 23.1 Å². The molecule has 3 nitrogen and oxygen atoms in total. The Balaban J connectivity index is 2.24. The van der Waals surface area contributed by atoms with Crippen molar-refractivity contribution in [3.8, 4) is 6.07 Å². The molecule has 4 heteroatoms. The maximum Gasteiger partial charge on any atom is 0.143 e. The normalized spacial score (nSPS) is 10.4. The van der Waals surface area contributed by atoms with Crippen molar-refractivity contribution in [1.82, 2.24) is 0 Å². The third-order valence-corrected chi connectivity index (χ3v) is 2.34. The zero-order chi connectivity index (χ0) is 13.4. The monoisotopic (exact) mass is 250 g/mol. The van der Waals surface area contributed by atoms with Gasteiger partial charge in [-0.25, -0.2) is 4.39 Å². The van der Waals surface area contributed by atoms with Gasteiger partial charge in [-0.3, -0.25) is 0 Å². The minimum atomic E-state index is -0.487. The fraction of sp³-hybridized carbons (Fsp3) is 0.500. The Bertz CT molecular complexity index is 413. The lowest BCUT2D eigenvalue weighted by atomic mass is 10.2. The fourth-order valence-corrected chi connectivity index (χ4v) is 1.44. The lowest BCUT2D eigenvalue weighted by molar-refractivity contribution is 0.110. The van der Waals surface area contributed by atoms with Crippen LogP contribution in [0.5, 0.6) is 0 Å². The molecule has 0 saturated heterocycles. The van der Waals surface area contributed by atoms with Crippen LogP contribution in [0.15, 0.2) is 18.2 Å². The van der Waals surface area contributed by atoms with Gasteiger partial charge in [0.05, 0.1) is 5.56 Å². The van der Waals surface area contributed by atoms with Crippen molar-refractivity contribution in [1.29, 1.82) is 5.26 Å². The minimum Gasteiger partial charge on any atom is -0.385 e. The molecule has 98 valence electrons. The Labute approximate surface area is 108 Å². The summed E-state index contributed by atoms with van der Waals surface area (Å²) in [5.41, 5.74) is 0.760. The smallest absolute Gasteiger partial charge is 0.143 e. The van der Waals surface area contributed by atoms with Crippen LogP contribution < -0.4 is 5.32 Å². The molecule has 0 spiro atoms. The van der Waals surface area contributed by atoms with E-state index in [0.717, 1.165) is 19.6 Å². The zero-order valence-electron chi connectivity index (χ0n) is 10.9. The van der Waals surface area contributed by atoms with E-state index in [1.807, 2.05) is 0 Å². The van der Waals surface area contributed by atoms with Crippen LogP contribution in [-0.2, 0) is 4.74 Å². The standard InChI is InChI=1S/C14H19FN2O/c1-11(2)10-18-7-3-6-17-13-5-4-12(9-16)14(15)8-13/h4-5,8,11,17H,3,6-7,10H2,1-2H3. The van der Waals surface area contributed by atoms with E-state index in [4.69, 9.17) is 10.00 Å². The highest BCUT2D eigenvalue weighted by Crippen LogP contribution is 2.13. The summed E-state index contributed by atoms with van der Waals surface area (Å²) in [7, 11) is 0. The van der Waals surface area contributed by atoms with E-state index in [-0.39, 0.29) is 5.56 Å². The molecule has 0 unspecified atom stereocenters. The first-order valence-electron chi connectivity index (χ1n) is 6.14. The van der Waals surface area contributed by atoms with Crippen LogP contribution in [0.25, 0.3) is 0 Å². The van der Waals surface area contributed by atoms with Gasteiger partial charge in [0.15, 0.2) is 0 Å². The number of benzene rings is 1. The molecule has 0 bridgehead atoms. The molecular weight excluding hydrogens is 231 g/mol. The number of nitriles is 1. The van der Waals surface area contributed by atoms with Gasteiger partial charge in [-0.2, -0.15) is 5.26 Å². The molecule has 0 amide bonds. The average Bonchev–Trinajstić information content (AvgIpc) is 2.33. The molecule has 0 atom stereocenters. The SMILES string of the molecule is CC(C)COCCCNc1ccc(C#N)c(F)c1. The van der Waals surface area contributed by atoms with Gasteiger partial charge in [0.2, 0.25) is 0 Å². The molecule has 0 aliphatic heterocycles. The Kier molecular flexibility index (Phi) is 6.16. The number of anilines is 1. The van der Waals surface area contributed by atoms with E-state index in [9.17, 15) is 4.39 Å². The van der Waals surface area contributed by atoms with Crippen molar-refractivity contribution in [2.75, 3.05) is 25.1 Å². The molecule has 0 radical (unpaired) electrons. The second-order valence-corrected chi connectivity index (χ2v) is 4.56. The van der Waals surface area contributed by atoms with Crippen molar-refractivity contribution < 1.29 is 9.13 Å². The molecule has 18 heavy (non-hydrogen) atoms. The predicted octanol–water partition coefficient (Wildman–Crippen LogP) is 3.17. The van der Waals surface area contributed by atoms with Gasteiger partial charge >= 0.3 is 0 Å². The second kappa shape index (κ2) is 7.67. The van der Waals surface area contributed by atoms with Crippen LogP contribution >= 0.6 is 0 Å². The summed E-state index contributed by atoms with van der Waals surface area (Å²) in [6, 6.07) is 6.32. The van der Waals surface area contributed by atoms with Gasteiger partial charge in [0.1, 0.15) is 11.9 Å². The Morgan fingerprint density at radius 2 is 2.22 bits per heavy atom. The molecule has 1 aromatic carbocycles. The van der Waals surface area contributed by atoms with Crippen molar-refractivity contribution in [3.63, 3.8) is 0 Å². The van der Waals surface area contributed by atoms with E-state index < -0.39 is 5.82 Å². The topological polar surface area (TPSA) is 45.0 Å². The molecule has 0 aliphatic rings. The summed E-state index contributed by atoms with van der Waals surface area (Å²) in [6.07, 6.45) is 0.869. The third kappa shape index (κ3) is 5.15. The van der Waals surface area contributed by atoms with Crippen molar-refractivity contribution in [3.05, 3.63) is 29.6 Å².